The highest BCUT2D eigenvalue weighted by molar-refractivity contribution is 8.18. The van der Waals surface area contributed by atoms with Crippen LogP contribution in [0.1, 0.15) is 13.8 Å². The van der Waals surface area contributed by atoms with Crippen molar-refractivity contribution in [2.75, 3.05) is 20.4 Å². The van der Waals surface area contributed by atoms with Crippen LogP contribution in [0.25, 0.3) is 0 Å². The number of esters is 1. The van der Waals surface area contributed by atoms with Crippen molar-refractivity contribution in [1.29, 1.82) is 0 Å². The maximum absolute atomic E-state index is 11.7. The van der Waals surface area contributed by atoms with Crippen molar-refractivity contribution >= 4 is 34.8 Å². The molecule has 114 valence electrons. The Hall–Kier alpha value is -1.87. The van der Waals surface area contributed by atoms with Crippen LogP contribution in [0.15, 0.2) is 21.0 Å². The standard InChI is InChI=1S/C12H17N5O3S/c1-7(2)17-5-13-11(14-6-17)16-12-15-10(19)8(21-12)4-9(18)20-3/h4,7H,5-6H2,1-3H3,(H2,13,14,15,16,19)/b8-4-. The molecule has 0 spiro atoms. The summed E-state index contributed by atoms with van der Waals surface area (Å²) in [6.45, 7) is 5.38. The molecule has 8 nitrogen and oxygen atoms in total. The summed E-state index contributed by atoms with van der Waals surface area (Å²) < 4.78 is 4.49. The Bertz CT molecular complexity index is 541. The molecule has 0 aromatic rings. The number of ether oxygens (including phenoxy) is 1. The van der Waals surface area contributed by atoms with E-state index in [0.29, 0.717) is 30.5 Å². The molecule has 0 saturated carbocycles. The SMILES string of the molecule is COC(=O)/C=C1\S/C(=N/C2=NCN(C(C)C)CN2)NC1=O. The number of nitrogens with zero attached hydrogens (tertiary/aromatic N) is 3. The van der Waals surface area contributed by atoms with Crippen LogP contribution in [0.3, 0.4) is 0 Å². The lowest BCUT2D eigenvalue weighted by molar-refractivity contribution is -0.135. The number of thioether (sulfide) groups is 1. The molecule has 0 radical (unpaired) electrons. The number of amides is 1. The molecular formula is C12H17N5O3S. The minimum atomic E-state index is -0.574. The van der Waals surface area contributed by atoms with Gasteiger partial charge in [-0.25, -0.2) is 9.79 Å². The molecule has 0 atom stereocenters. The highest BCUT2D eigenvalue weighted by atomic mass is 32.2. The topological polar surface area (TPSA) is 95.4 Å². The number of guanidine groups is 1. The summed E-state index contributed by atoms with van der Waals surface area (Å²) in [6, 6.07) is 0.394. The first-order chi connectivity index (χ1) is 9.99. The number of aliphatic imine (C=N–C) groups is 2. The molecule has 2 aliphatic rings. The third-order valence-electron chi connectivity index (χ3n) is 2.88. The maximum Gasteiger partial charge on any atom is 0.331 e. The van der Waals surface area contributed by atoms with E-state index in [-0.39, 0.29) is 10.8 Å². The molecule has 0 aliphatic carbocycles. The molecule has 2 N–H and O–H groups in total. The highest BCUT2D eigenvalue weighted by Crippen LogP contribution is 2.23. The van der Waals surface area contributed by atoms with Gasteiger partial charge in [0.05, 0.1) is 25.4 Å². The number of carbonyl (C=O) groups is 2. The van der Waals surface area contributed by atoms with Gasteiger partial charge in [-0.3, -0.25) is 9.69 Å². The third-order valence-corrected chi connectivity index (χ3v) is 3.79. The number of nitrogens with one attached hydrogen (secondary N) is 2. The second-order valence-electron chi connectivity index (χ2n) is 4.65. The van der Waals surface area contributed by atoms with Crippen molar-refractivity contribution in [3.05, 3.63) is 11.0 Å². The van der Waals surface area contributed by atoms with Gasteiger partial charge in [-0.15, -0.1) is 0 Å². The van der Waals surface area contributed by atoms with E-state index in [1.807, 2.05) is 0 Å². The summed E-state index contributed by atoms with van der Waals surface area (Å²) in [6.07, 6.45) is 1.14. The first kappa shape index (κ1) is 15.5. The number of hydrogen-bond acceptors (Lipinski definition) is 8. The zero-order valence-electron chi connectivity index (χ0n) is 12.0. The van der Waals surface area contributed by atoms with Crippen LogP contribution in [0.2, 0.25) is 0 Å². The lowest BCUT2D eigenvalue weighted by Gasteiger charge is -2.28. The van der Waals surface area contributed by atoms with E-state index in [9.17, 15) is 9.59 Å². The van der Waals surface area contributed by atoms with Crippen molar-refractivity contribution in [2.24, 2.45) is 9.98 Å². The quantitative estimate of drug-likeness (QED) is 0.544. The van der Waals surface area contributed by atoms with Crippen LogP contribution in [0.5, 0.6) is 0 Å². The molecule has 2 heterocycles. The van der Waals surface area contributed by atoms with E-state index in [1.54, 1.807) is 0 Å². The fourth-order valence-electron chi connectivity index (χ4n) is 1.60. The van der Waals surface area contributed by atoms with Gasteiger partial charge in [-0.05, 0) is 25.6 Å². The Labute approximate surface area is 126 Å². The average molecular weight is 311 g/mol. The first-order valence-corrected chi connectivity index (χ1v) is 7.21. The van der Waals surface area contributed by atoms with Crippen molar-refractivity contribution < 1.29 is 14.3 Å². The Balaban J connectivity index is 2.03. The average Bonchev–Trinajstić information content (AvgIpc) is 2.79. The predicted octanol–water partition coefficient (Wildman–Crippen LogP) is -0.153. The Morgan fingerprint density at radius 1 is 1.57 bits per heavy atom. The second-order valence-corrected chi connectivity index (χ2v) is 5.68. The number of methoxy groups -OCH3 is 1. The van der Waals surface area contributed by atoms with Gasteiger partial charge in [-0.1, -0.05) is 0 Å². The smallest absolute Gasteiger partial charge is 0.331 e. The zero-order chi connectivity index (χ0) is 15.4. The van der Waals surface area contributed by atoms with Gasteiger partial charge in [0.15, 0.2) is 5.17 Å². The minimum absolute atomic E-state index is 0.251. The van der Waals surface area contributed by atoms with Crippen LogP contribution in [-0.4, -0.2) is 54.4 Å². The van der Waals surface area contributed by atoms with E-state index < -0.39 is 5.97 Å². The van der Waals surface area contributed by atoms with Gasteiger partial charge in [0.2, 0.25) is 5.96 Å². The summed E-state index contributed by atoms with van der Waals surface area (Å²) in [5.41, 5.74) is 0. The monoisotopic (exact) mass is 311 g/mol. The van der Waals surface area contributed by atoms with Gasteiger partial charge < -0.3 is 15.4 Å². The number of hydrogen-bond donors (Lipinski definition) is 2. The van der Waals surface area contributed by atoms with Crippen LogP contribution in [0.4, 0.5) is 0 Å². The third kappa shape index (κ3) is 4.05. The highest BCUT2D eigenvalue weighted by Gasteiger charge is 2.26. The van der Waals surface area contributed by atoms with E-state index in [1.165, 1.54) is 7.11 Å². The molecule has 21 heavy (non-hydrogen) atoms. The summed E-state index contributed by atoms with van der Waals surface area (Å²) in [5, 5.41) is 6.04. The fraction of sp³-hybridized carbons (Fsp3) is 0.500. The molecule has 2 aliphatic heterocycles. The van der Waals surface area contributed by atoms with Gasteiger partial charge in [0.25, 0.3) is 5.91 Å². The normalized spacial score (nSPS) is 23.2. The molecule has 1 amide bonds. The van der Waals surface area contributed by atoms with Gasteiger partial charge in [0, 0.05) is 12.1 Å². The number of rotatable bonds is 2. The van der Waals surface area contributed by atoms with Crippen LogP contribution in [-0.2, 0) is 14.3 Å². The largest absolute Gasteiger partial charge is 0.466 e. The Morgan fingerprint density at radius 2 is 2.33 bits per heavy atom. The van der Waals surface area contributed by atoms with Gasteiger partial charge in [0.1, 0.15) is 0 Å². The van der Waals surface area contributed by atoms with Crippen molar-refractivity contribution in [1.82, 2.24) is 15.5 Å². The Morgan fingerprint density at radius 3 is 2.90 bits per heavy atom. The molecule has 1 saturated heterocycles. The molecule has 9 heteroatoms. The lowest BCUT2D eigenvalue weighted by atomic mass is 10.3. The van der Waals surface area contributed by atoms with Gasteiger partial charge >= 0.3 is 5.97 Å². The number of amidine groups is 1. The van der Waals surface area contributed by atoms with Crippen molar-refractivity contribution in [2.45, 2.75) is 19.9 Å². The van der Waals surface area contributed by atoms with E-state index in [2.05, 4.69) is 44.1 Å². The maximum atomic E-state index is 11.7. The zero-order valence-corrected chi connectivity index (χ0v) is 12.9. The van der Waals surface area contributed by atoms with E-state index in [0.717, 1.165) is 17.8 Å². The van der Waals surface area contributed by atoms with Crippen molar-refractivity contribution in [3.63, 3.8) is 0 Å². The van der Waals surface area contributed by atoms with Crippen molar-refractivity contribution in [3.8, 4) is 0 Å². The van der Waals surface area contributed by atoms with Crippen LogP contribution < -0.4 is 10.6 Å². The summed E-state index contributed by atoms with van der Waals surface area (Å²) in [5.74, 6) is -0.479. The summed E-state index contributed by atoms with van der Waals surface area (Å²) in [7, 11) is 1.26. The first-order valence-electron chi connectivity index (χ1n) is 6.39. The molecule has 0 aromatic carbocycles. The van der Waals surface area contributed by atoms with E-state index >= 15 is 0 Å². The predicted molar refractivity (Wildman–Crippen MR) is 80.5 cm³/mol. The molecular weight excluding hydrogens is 294 g/mol. The van der Waals surface area contributed by atoms with Crippen LogP contribution in [0, 0.1) is 0 Å². The molecule has 1 fully saturated rings. The molecule has 0 bridgehead atoms. The number of carbonyl (C=O) groups excluding carboxylic acids is 2. The fourth-order valence-corrected chi connectivity index (χ4v) is 2.38. The molecule has 2 rings (SSSR count). The molecule has 0 unspecified atom stereocenters. The summed E-state index contributed by atoms with van der Waals surface area (Å²) >= 11 is 1.08. The van der Waals surface area contributed by atoms with Crippen LogP contribution >= 0.6 is 11.8 Å². The lowest BCUT2D eigenvalue weighted by Crippen LogP contribution is -2.45. The molecule has 0 aromatic heterocycles. The Kier molecular flexibility index (Phi) is 4.97. The second kappa shape index (κ2) is 6.72. The van der Waals surface area contributed by atoms with Gasteiger partial charge in [-0.2, -0.15) is 4.99 Å². The van der Waals surface area contributed by atoms with E-state index in [4.69, 9.17) is 0 Å². The minimum Gasteiger partial charge on any atom is -0.466 e. The summed E-state index contributed by atoms with van der Waals surface area (Å²) in [4.78, 5) is 33.7.